The van der Waals surface area contributed by atoms with Crippen LogP contribution in [0.15, 0.2) is 6.20 Å². The van der Waals surface area contributed by atoms with E-state index < -0.39 is 11.5 Å². The van der Waals surface area contributed by atoms with E-state index in [4.69, 9.17) is 4.74 Å². The molecule has 0 atom stereocenters. The van der Waals surface area contributed by atoms with Crippen molar-refractivity contribution in [1.29, 1.82) is 0 Å². The third-order valence-electron chi connectivity index (χ3n) is 4.94. The fourth-order valence-corrected chi connectivity index (χ4v) is 3.61. The zero-order valence-electron chi connectivity index (χ0n) is 12.9. The molecule has 124 valence electrons. The smallest absolute Gasteiger partial charge is 0.157 e. The van der Waals surface area contributed by atoms with Crippen molar-refractivity contribution >= 4 is 11.2 Å². The van der Waals surface area contributed by atoms with Gasteiger partial charge in [-0.3, -0.25) is 0 Å². The second-order valence-electron chi connectivity index (χ2n) is 6.40. The van der Waals surface area contributed by atoms with Crippen molar-refractivity contribution in [1.82, 2.24) is 20.3 Å². The van der Waals surface area contributed by atoms with Crippen LogP contribution in [0.5, 0.6) is 0 Å². The maximum absolute atomic E-state index is 15.4. The van der Waals surface area contributed by atoms with Crippen molar-refractivity contribution < 1.29 is 13.5 Å². The van der Waals surface area contributed by atoms with Crippen molar-refractivity contribution in [2.24, 2.45) is 0 Å². The first kappa shape index (κ1) is 15.0. The Balaban J connectivity index is 1.79. The summed E-state index contributed by atoms with van der Waals surface area (Å²) in [7, 11) is 0. The molecule has 0 unspecified atom stereocenters. The van der Waals surface area contributed by atoms with Crippen LogP contribution in [0.25, 0.3) is 11.2 Å². The highest BCUT2D eigenvalue weighted by Gasteiger charge is 2.39. The largest absolute Gasteiger partial charge is 0.381 e. The Morgan fingerprint density at radius 3 is 2.70 bits per heavy atom. The minimum Gasteiger partial charge on any atom is -0.381 e. The lowest BCUT2D eigenvalue weighted by Gasteiger charge is -2.30. The summed E-state index contributed by atoms with van der Waals surface area (Å²) in [6.07, 6.45) is 3.34. The number of aromatic amines is 1. The molecule has 0 amide bonds. The number of hydrogen-bond donors (Lipinski definition) is 2. The molecule has 2 N–H and O–H groups in total. The number of rotatable bonds is 2. The Morgan fingerprint density at radius 2 is 1.96 bits per heavy atom. The Kier molecular flexibility index (Phi) is 3.77. The van der Waals surface area contributed by atoms with Gasteiger partial charge in [0.25, 0.3) is 0 Å². The number of fused-ring (bicyclic) bond motifs is 1. The predicted octanol–water partition coefficient (Wildman–Crippen LogP) is 2.54. The first-order valence-corrected chi connectivity index (χ1v) is 8.19. The van der Waals surface area contributed by atoms with E-state index in [2.05, 4.69) is 20.3 Å². The van der Waals surface area contributed by atoms with Crippen LogP contribution in [0.3, 0.4) is 0 Å². The van der Waals surface area contributed by atoms with Gasteiger partial charge in [0.15, 0.2) is 5.65 Å². The second-order valence-corrected chi connectivity index (χ2v) is 6.40. The number of pyridine rings is 1. The average Bonchev–Trinajstić information content (AvgIpc) is 3.00. The topological polar surface area (TPSA) is 62.8 Å². The lowest BCUT2D eigenvalue weighted by molar-refractivity contribution is 0.0838. The number of halogens is 2. The number of nitrogens with one attached hydrogen (secondary N) is 2. The molecule has 0 spiro atoms. The highest BCUT2D eigenvalue weighted by molar-refractivity contribution is 5.76. The first-order valence-electron chi connectivity index (χ1n) is 8.19. The number of hydrogen-bond acceptors (Lipinski definition) is 4. The Morgan fingerprint density at radius 1 is 1.22 bits per heavy atom. The van der Waals surface area contributed by atoms with Gasteiger partial charge in [-0.1, -0.05) is 0 Å². The van der Waals surface area contributed by atoms with E-state index in [1.54, 1.807) is 0 Å². The monoisotopic (exact) mass is 322 g/mol. The number of H-pyrrole nitrogens is 1. The second kappa shape index (κ2) is 5.79. The lowest BCUT2D eigenvalue weighted by Crippen LogP contribution is -2.37. The highest BCUT2D eigenvalue weighted by Crippen LogP contribution is 2.40. The van der Waals surface area contributed by atoms with Gasteiger partial charge >= 0.3 is 0 Å². The zero-order chi connectivity index (χ0) is 15.9. The molecule has 2 aromatic heterocycles. The summed E-state index contributed by atoms with van der Waals surface area (Å²) >= 11 is 0. The maximum atomic E-state index is 15.4. The molecule has 4 heterocycles. The lowest BCUT2D eigenvalue weighted by atomic mass is 9.86. The molecule has 2 fully saturated rings. The van der Waals surface area contributed by atoms with Crippen LogP contribution in [0.2, 0.25) is 0 Å². The molecule has 2 saturated heterocycles. The summed E-state index contributed by atoms with van der Waals surface area (Å²) in [5.41, 5.74) is -0.800. The molecule has 7 heteroatoms. The van der Waals surface area contributed by atoms with Crippen LogP contribution >= 0.6 is 0 Å². The molecular formula is C16H20F2N4O. The molecule has 4 rings (SSSR count). The van der Waals surface area contributed by atoms with Gasteiger partial charge in [-0.15, -0.1) is 0 Å². The van der Waals surface area contributed by atoms with Crippen LogP contribution in [-0.2, 0) is 10.4 Å². The van der Waals surface area contributed by atoms with Gasteiger partial charge in [-0.25, -0.2) is 18.7 Å². The van der Waals surface area contributed by atoms with Crippen LogP contribution in [0.1, 0.15) is 43.0 Å². The Labute approximate surface area is 132 Å². The van der Waals surface area contributed by atoms with Crippen LogP contribution in [-0.4, -0.2) is 41.3 Å². The number of piperidine rings is 1. The Bertz CT molecular complexity index is 705. The van der Waals surface area contributed by atoms with Crippen molar-refractivity contribution in [2.75, 3.05) is 26.3 Å². The summed E-state index contributed by atoms with van der Waals surface area (Å²) in [4.78, 5) is 11.8. The molecule has 0 saturated carbocycles. The SMILES string of the molecule is Fc1cnc2[nH]c(C3CCOCC3)nc2c1C1(F)CCNCC1. The third kappa shape index (κ3) is 2.61. The van der Waals surface area contributed by atoms with Gasteiger partial charge in [0.1, 0.15) is 22.8 Å². The van der Waals surface area contributed by atoms with Gasteiger partial charge in [0.2, 0.25) is 0 Å². The molecular weight excluding hydrogens is 302 g/mol. The molecule has 0 radical (unpaired) electrons. The van der Waals surface area contributed by atoms with Crippen molar-refractivity contribution in [3.8, 4) is 0 Å². The van der Waals surface area contributed by atoms with E-state index in [-0.39, 0.29) is 24.3 Å². The first-order chi connectivity index (χ1) is 11.2. The van der Waals surface area contributed by atoms with Gasteiger partial charge in [0.05, 0.1) is 11.8 Å². The normalized spacial score (nSPS) is 22.5. The van der Waals surface area contributed by atoms with E-state index in [0.717, 1.165) is 24.9 Å². The average molecular weight is 322 g/mol. The van der Waals surface area contributed by atoms with E-state index in [0.29, 0.717) is 37.5 Å². The predicted molar refractivity (Wildman–Crippen MR) is 81.5 cm³/mol. The van der Waals surface area contributed by atoms with Crippen LogP contribution in [0.4, 0.5) is 8.78 Å². The number of imidazole rings is 1. The molecule has 23 heavy (non-hydrogen) atoms. The Hall–Kier alpha value is -1.60. The fraction of sp³-hybridized carbons (Fsp3) is 0.625. The van der Waals surface area contributed by atoms with E-state index in [9.17, 15) is 4.39 Å². The van der Waals surface area contributed by atoms with Gasteiger partial charge in [-0.2, -0.15) is 0 Å². The minimum atomic E-state index is -1.68. The summed E-state index contributed by atoms with van der Waals surface area (Å²) in [5.74, 6) is 0.393. The van der Waals surface area contributed by atoms with Crippen LogP contribution < -0.4 is 5.32 Å². The zero-order valence-corrected chi connectivity index (χ0v) is 12.9. The van der Waals surface area contributed by atoms with Crippen LogP contribution in [0, 0.1) is 5.82 Å². The van der Waals surface area contributed by atoms with E-state index in [1.165, 1.54) is 0 Å². The standard InChI is InChI=1S/C16H20F2N4O/c17-11-9-20-15-13(12(11)16(18)3-5-19-6-4-16)21-14(22-15)10-1-7-23-8-2-10/h9-10,19H,1-8H2,(H,20,21,22). The quantitative estimate of drug-likeness (QED) is 0.892. The van der Waals surface area contributed by atoms with Gasteiger partial charge in [0, 0.05) is 19.1 Å². The fourth-order valence-electron chi connectivity index (χ4n) is 3.61. The molecule has 5 nitrogen and oxygen atoms in total. The molecule has 2 aromatic rings. The number of aromatic nitrogens is 3. The number of ether oxygens (including phenoxy) is 1. The summed E-state index contributed by atoms with van der Waals surface area (Å²) in [6.45, 7) is 2.46. The number of alkyl halides is 1. The molecule has 0 aromatic carbocycles. The molecule has 2 aliphatic rings. The summed E-state index contributed by atoms with van der Waals surface area (Å²) in [6, 6.07) is 0. The highest BCUT2D eigenvalue weighted by atomic mass is 19.1. The summed E-state index contributed by atoms with van der Waals surface area (Å²) < 4.78 is 35.1. The van der Waals surface area contributed by atoms with Crippen molar-refractivity contribution in [3.63, 3.8) is 0 Å². The third-order valence-corrected chi connectivity index (χ3v) is 4.94. The van der Waals surface area contributed by atoms with E-state index in [1.807, 2.05) is 0 Å². The van der Waals surface area contributed by atoms with Gasteiger partial charge < -0.3 is 15.0 Å². The number of nitrogens with zero attached hydrogens (tertiary/aromatic N) is 2. The summed E-state index contributed by atoms with van der Waals surface area (Å²) in [5, 5.41) is 3.11. The van der Waals surface area contributed by atoms with Crippen molar-refractivity contribution in [3.05, 3.63) is 23.4 Å². The minimum absolute atomic E-state index is 0.0681. The van der Waals surface area contributed by atoms with Gasteiger partial charge in [-0.05, 0) is 38.8 Å². The van der Waals surface area contributed by atoms with Crippen molar-refractivity contribution in [2.45, 2.75) is 37.3 Å². The maximum Gasteiger partial charge on any atom is 0.157 e. The molecule has 0 aliphatic carbocycles. The molecule has 0 bridgehead atoms. The van der Waals surface area contributed by atoms with E-state index >= 15 is 4.39 Å². The molecule has 2 aliphatic heterocycles.